The molecule has 158 valence electrons. The third-order valence-corrected chi connectivity index (χ3v) is 5.34. The Morgan fingerprint density at radius 3 is 1.81 bits per heavy atom. The van der Waals surface area contributed by atoms with Gasteiger partial charge in [0.15, 0.2) is 0 Å². The number of carbonyl (C=O) groups excluding carboxylic acids is 1. The number of amides is 2. The molecule has 1 aliphatic heterocycles. The number of hydrogen-bond donors (Lipinski definition) is 1. The monoisotopic (exact) mass is 416 g/mol. The van der Waals surface area contributed by atoms with Crippen LogP contribution in [0.25, 0.3) is 0 Å². The molecule has 0 saturated carbocycles. The third kappa shape index (κ3) is 4.86. The zero-order valence-corrected chi connectivity index (χ0v) is 17.1. The highest BCUT2D eigenvalue weighted by Crippen LogP contribution is 2.28. The van der Waals surface area contributed by atoms with Gasteiger partial charge in [-0.15, -0.1) is 0 Å². The molecule has 1 N–H and O–H groups in total. The number of hydrogen-bond acceptors (Lipinski definition) is 3. The summed E-state index contributed by atoms with van der Waals surface area (Å²) in [6.45, 7) is 1.18. The fourth-order valence-electron chi connectivity index (χ4n) is 3.70. The molecule has 0 aliphatic carbocycles. The van der Waals surface area contributed by atoms with Crippen molar-refractivity contribution in [1.29, 1.82) is 0 Å². The molecule has 3 aromatic rings. The van der Waals surface area contributed by atoms with Crippen molar-refractivity contribution in [3.05, 3.63) is 90.5 Å². The average Bonchev–Trinajstić information content (AvgIpc) is 2.81. The summed E-state index contributed by atoms with van der Waals surface area (Å²) in [5.41, 5.74) is 1.89. The molecule has 0 unspecified atom stereocenters. The maximum absolute atomic E-state index is 13.4. The molecule has 6 nitrogen and oxygen atoms in total. The predicted octanol–water partition coefficient (Wildman–Crippen LogP) is 5.19. The van der Waals surface area contributed by atoms with E-state index in [4.69, 9.17) is 9.84 Å². The highest BCUT2D eigenvalue weighted by molar-refractivity contribution is 5.99. The van der Waals surface area contributed by atoms with E-state index in [0.29, 0.717) is 31.7 Å². The van der Waals surface area contributed by atoms with Crippen LogP contribution >= 0.6 is 0 Å². The number of likely N-dealkylation sites (tertiary alicyclic amines) is 1. The number of carboxylic acids is 1. The van der Waals surface area contributed by atoms with Gasteiger partial charge in [-0.25, -0.2) is 9.59 Å². The fourth-order valence-corrected chi connectivity index (χ4v) is 3.70. The minimum absolute atomic E-state index is 0.0124. The quantitative estimate of drug-likeness (QED) is 0.622. The van der Waals surface area contributed by atoms with E-state index in [1.807, 2.05) is 65.6 Å². The van der Waals surface area contributed by atoms with Crippen LogP contribution in [0.1, 0.15) is 23.2 Å². The lowest BCUT2D eigenvalue weighted by atomic mass is 10.1. The van der Waals surface area contributed by atoms with Crippen molar-refractivity contribution in [2.24, 2.45) is 0 Å². The zero-order chi connectivity index (χ0) is 21.6. The average molecular weight is 416 g/mol. The standard InChI is InChI=1S/C25H24N2O4/c28-24(29)19-11-13-22(14-12-19)31-23-15-17-26(18-16-23)25(30)27(20-7-3-1-4-8-20)21-9-5-2-6-10-21/h1-14,23H,15-18H2,(H,28,29). The number of ether oxygens (including phenoxy) is 1. The normalized spacial score (nSPS) is 14.1. The summed E-state index contributed by atoms with van der Waals surface area (Å²) in [6.07, 6.45) is 1.41. The number of aromatic carboxylic acids is 1. The van der Waals surface area contributed by atoms with Gasteiger partial charge in [0.05, 0.1) is 16.9 Å². The van der Waals surface area contributed by atoms with Crippen LogP contribution in [-0.4, -0.2) is 41.2 Å². The van der Waals surface area contributed by atoms with E-state index in [-0.39, 0.29) is 17.7 Å². The molecular formula is C25H24N2O4. The number of nitrogens with zero attached hydrogens (tertiary/aromatic N) is 2. The summed E-state index contributed by atoms with van der Waals surface area (Å²) in [5.74, 6) is -0.315. The van der Waals surface area contributed by atoms with Crippen molar-refractivity contribution >= 4 is 23.4 Å². The summed E-state index contributed by atoms with van der Waals surface area (Å²) < 4.78 is 6.00. The zero-order valence-electron chi connectivity index (χ0n) is 17.1. The molecule has 0 aromatic heterocycles. The number of rotatable bonds is 5. The molecule has 1 heterocycles. The van der Waals surface area contributed by atoms with Gasteiger partial charge in [0.2, 0.25) is 0 Å². The molecule has 0 radical (unpaired) electrons. The SMILES string of the molecule is O=C(O)c1ccc(OC2CCN(C(=O)N(c3ccccc3)c3ccccc3)CC2)cc1. The van der Waals surface area contributed by atoms with Crippen LogP contribution in [0.3, 0.4) is 0 Å². The Balaban J connectivity index is 1.42. The van der Waals surface area contributed by atoms with Gasteiger partial charge < -0.3 is 14.7 Å². The van der Waals surface area contributed by atoms with Crippen LogP contribution in [0.5, 0.6) is 5.75 Å². The van der Waals surface area contributed by atoms with Crippen molar-refractivity contribution in [2.45, 2.75) is 18.9 Å². The van der Waals surface area contributed by atoms with Gasteiger partial charge in [0, 0.05) is 25.9 Å². The fraction of sp³-hybridized carbons (Fsp3) is 0.200. The number of piperidine rings is 1. The Morgan fingerprint density at radius 1 is 0.806 bits per heavy atom. The Bertz CT molecular complexity index is 975. The first-order chi connectivity index (χ1) is 15.1. The smallest absolute Gasteiger partial charge is 0.335 e. The number of anilines is 2. The lowest BCUT2D eigenvalue weighted by Crippen LogP contribution is -2.47. The molecule has 1 aliphatic rings. The first-order valence-corrected chi connectivity index (χ1v) is 10.3. The molecule has 0 bridgehead atoms. The highest BCUT2D eigenvalue weighted by Gasteiger charge is 2.28. The molecule has 2 amide bonds. The Labute approximate surface area is 181 Å². The summed E-state index contributed by atoms with van der Waals surface area (Å²) in [6, 6.07) is 25.7. The Morgan fingerprint density at radius 2 is 1.32 bits per heavy atom. The Hall–Kier alpha value is -3.80. The maximum Gasteiger partial charge on any atom is 0.335 e. The third-order valence-electron chi connectivity index (χ3n) is 5.34. The van der Waals surface area contributed by atoms with Gasteiger partial charge in [0.1, 0.15) is 11.9 Å². The Kier molecular flexibility index (Phi) is 6.17. The van der Waals surface area contributed by atoms with Crippen LogP contribution < -0.4 is 9.64 Å². The first-order valence-electron chi connectivity index (χ1n) is 10.3. The van der Waals surface area contributed by atoms with Crippen molar-refractivity contribution in [1.82, 2.24) is 4.90 Å². The van der Waals surface area contributed by atoms with E-state index < -0.39 is 5.97 Å². The molecule has 3 aromatic carbocycles. The molecule has 6 heteroatoms. The van der Waals surface area contributed by atoms with Gasteiger partial charge in [0.25, 0.3) is 0 Å². The first kappa shape index (κ1) is 20.5. The summed E-state index contributed by atoms with van der Waals surface area (Å²) >= 11 is 0. The lowest BCUT2D eigenvalue weighted by Gasteiger charge is -2.36. The van der Waals surface area contributed by atoms with E-state index >= 15 is 0 Å². The van der Waals surface area contributed by atoms with Gasteiger partial charge in [-0.3, -0.25) is 4.90 Å². The van der Waals surface area contributed by atoms with Gasteiger partial charge in [-0.05, 0) is 48.5 Å². The van der Waals surface area contributed by atoms with Crippen molar-refractivity contribution < 1.29 is 19.4 Å². The minimum atomic E-state index is -0.959. The number of carboxylic acid groups (broad SMARTS) is 1. The molecule has 1 fully saturated rings. The minimum Gasteiger partial charge on any atom is -0.490 e. The summed E-state index contributed by atoms with van der Waals surface area (Å²) in [5, 5.41) is 9.01. The van der Waals surface area contributed by atoms with Crippen LogP contribution in [0, 0.1) is 0 Å². The molecule has 4 rings (SSSR count). The second kappa shape index (κ2) is 9.34. The molecule has 31 heavy (non-hydrogen) atoms. The number of urea groups is 1. The van der Waals surface area contributed by atoms with E-state index in [1.165, 1.54) is 12.1 Å². The molecule has 1 saturated heterocycles. The largest absolute Gasteiger partial charge is 0.490 e. The lowest BCUT2D eigenvalue weighted by molar-refractivity contribution is 0.0697. The molecule has 0 atom stereocenters. The predicted molar refractivity (Wildman–Crippen MR) is 119 cm³/mol. The van der Waals surface area contributed by atoms with E-state index in [9.17, 15) is 9.59 Å². The second-order valence-corrected chi connectivity index (χ2v) is 7.42. The molecule has 0 spiro atoms. The number of benzene rings is 3. The van der Waals surface area contributed by atoms with Crippen LogP contribution in [0.2, 0.25) is 0 Å². The van der Waals surface area contributed by atoms with Crippen molar-refractivity contribution in [3.63, 3.8) is 0 Å². The van der Waals surface area contributed by atoms with Gasteiger partial charge in [-0.2, -0.15) is 0 Å². The molecular weight excluding hydrogens is 392 g/mol. The number of para-hydroxylation sites is 2. The van der Waals surface area contributed by atoms with Gasteiger partial charge >= 0.3 is 12.0 Å². The maximum atomic E-state index is 13.4. The highest BCUT2D eigenvalue weighted by atomic mass is 16.5. The van der Waals surface area contributed by atoms with E-state index in [0.717, 1.165) is 11.4 Å². The van der Waals surface area contributed by atoms with Crippen LogP contribution in [0.4, 0.5) is 16.2 Å². The van der Waals surface area contributed by atoms with Crippen LogP contribution in [-0.2, 0) is 0 Å². The van der Waals surface area contributed by atoms with Gasteiger partial charge in [-0.1, -0.05) is 36.4 Å². The topological polar surface area (TPSA) is 70.1 Å². The van der Waals surface area contributed by atoms with E-state index in [2.05, 4.69) is 0 Å². The summed E-state index contributed by atoms with van der Waals surface area (Å²) in [4.78, 5) is 28.0. The van der Waals surface area contributed by atoms with E-state index in [1.54, 1.807) is 17.0 Å². The van der Waals surface area contributed by atoms with Crippen molar-refractivity contribution in [3.8, 4) is 5.75 Å². The van der Waals surface area contributed by atoms with Crippen molar-refractivity contribution in [2.75, 3.05) is 18.0 Å². The number of carbonyl (C=O) groups is 2. The second-order valence-electron chi connectivity index (χ2n) is 7.42. The summed E-state index contributed by atoms with van der Waals surface area (Å²) in [7, 11) is 0. The van der Waals surface area contributed by atoms with Crippen LogP contribution in [0.15, 0.2) is 84.9 Å².